The highest BCUT2D eigenvalue weighted by Crippen LogP contribution is 2.24. The Morgan fingerprint density at radius 2 is 1.71 bits per heavy atom. The van der Waals surface area contributed by atoms with Gasteiger partial charge in [0, 0.05) is 44.5 Å². The van der Waals surface area contributed by atoms with Crippen molar-refractivity contribution in [2.45, 2.75) is 26.7 Å². The van der Waals surface area contributed by atoms with E-state index in [0.29, 0.717) is 38.0 Å². The Hall–Kier alpha value is -3.39. The molecule has 0 aliphatic carbocycles. The number of likely N-dealkylation sites (tertiary alicyclic amines) is 1. The fraction of sp³-hybridized carbons (Fsp3) is 0.423. The van der Waals surface area contributed by atoms with Gasteiger partial charge in [-0.25, -0.2) is 4.68 Å². The second-order valence-electron chi connectivity index (χ2n) is 8.60. The summed E-state index contributed by atoms with van der Waals surface area (Å²) in [5.41, 5.74) is 1.45. The first-order valence-corrected chi connectivity index (χ1v) is 12.2. The zero-order valence-electron chi connectivity index (χ0n) is 20.1. The molecular weight excluding hydrogens is 428 g/mol. The molecule has 0 saturated carbocycles. The lowest BCUT2D eigenvalue weighted by molar-refractivity contribution is -0.126. The first-order chi connectivity index (χ1) is 16.6. The van der Waals surface area contributed by atoms with Gasteiger partial charge in [0.15, 0.2) is 5.82 Å². The van der Waals surface area contributed by atoms with Gasteiger partial charge in [-0.15, -0.1) is 0 Å². The summed E-state index contributed by atoms with van der Waals surface area (Å²) in [6.07, 6.45) is 6.84. The highest BCUT2D eigenvalue weighted by molar-refractivity contribution is 5.97. The molecule has 2 amide bonds. The second-order valence-corrected chi connectivity index (χ2v) is 8.60. The van der Waals surface area contributed by atoms with Gasteiger partial charge in [0.1, 0.15) is 5.56 Å². The van der Waals surface area contributed by atoms with Crippen molar-refractivity contribution in [3.63, 3.8) is 0 Å². The highest BCUT2D eigenvalue weighted by atomic mass is 16.2. The molecule has 3 aromatic rings. The first kappa shape index (κ1) is 23.8. The van der Waals surface area contributed by atoms with E-state index in [0.717, 1.165) is 31.1 Å². The highest BCUT2D eigenvalue weighted by Gasteiger charge is 2.30. The number of carbonyl (C=O) groups excluding carboxylic acids is 2. The van der Waals surface area contributed by atoms with Crippen molar-refractivity contribution in [3.8, 4) is 11.5 Å². The summed E-state index contributed by atoms with van der Waals surface area (Å²) in [7, 11) is 0. The van der Waals surface area contributed by atoms with E-state index >= 15 is 0 Å². The van der Waals surface area contributed by atoms with Crippen molar-refractivity contribution >= 4 is 11.8 Å². The number of nitrogens with zero attached hydrogens (tertiary/aromatic N) is 5. The van der Waals surface area contributed by atoms with Crippen molar-refractivity contribution in [1.82, 2.24) is 29.5 Å². The van der Waals surface area contributed by atoms with E-state index < -0.39 is 0 Å². The summed E-state index contributed by atoms with van der Waals surface area (Å²) >= 11 is 0. The minimum Gasteiger partial charge on any atom is -0.355 e. The summed E-state index contributed by atoms with van der Waals surface area (Å²) in [6.45, 7) is 8.88. The van der Waals surface area contributed by atoms with Crippen LogP contribution in [0.5, 0.6) is 0 Å². The van der Waals surface area contributed by atoms with E-state index in [9.17, 15) is 9.59 Å². The van der Waals surface area contributed by atoms with Gasteiger partial charge < -0.3 is 19.7 Å². The maximum Gasteiger partial charge on any atom is 0.259 e. The molecule has 4 rings (SSSR count). The Morgan fingerprint density at radius 3 is 2.35 bits per heavy atom. The fourth-order valence-electron chi connectivity index (χ4n) is 4.51. The lowest BCUT2D eigenvalue weighted by atomic mass is 9.95. The minimum absolute atomic E-state index is 0.0447. The molecule has 8 nitrogen and oxygen atoms in total. The average Bonchev–Trinajstić information content (AvgIpc) is 3.57. The molecule has 3 heterocycles. The summed E-state index contributed by atoms with van der Waals surface area (Å²) in [5, 5.41) is 7.62. The molecule has 0 bridgehead atoms. The Kier molecular flexibility index (Phi) is 7.80. The zero-order chi connectivity index (χ0) is 23.9. The third-order valence-corrected chi connectivity index (χ3v) is 6.60. The molecule has 2 aromatic heterocycles. The van der Waals surface area contributed by atoms with Gasteiger partial charge in [0.2, 0.25) is 5.91 Å². The summed E-state index contributed by atoms with van der Waals surface area (Å²) in [6, 6.07) is 13.7. The SMILES string of the molecule is CCN(CC)CCNC(=O)C1CCN(C(=O)c2cnn(-c3ccccc3)c2-n2cccc2)CC1. The van der Waals surface area contributed by atoms with Gasteiger partial charge in [-0.3, -0.25) is 9.59 Å². The average molecular weight is 463 g/mol. The van der Waals surface area contributed by atoms with Crippen molar-refractivity contribution in [3.05, 3.63) is 66.6 Å². The third kappa shape index (κ3) is 5.22. The molecule has 1 aliphatic rings. The number of hydrogen-bond acceptors (Lipinski definition) is 4. The summed E-state index contributed by atoms with van der Waals surface area (Å²) < 4.78 is 3.71. The third-order valence-electron chi connectivity index (χ3n) is 6.60. The molecule has 1 fully saturated rings. The van der Waals surface area contributed by atoms with Gasteiger partial charge in [0.25, 0.3) is 5.91 Å². The number of likely N-dealkylation sites (N-methyl/N-ethyl adjacent to an activating group) is 1. The number of aromatic nitrogens is 3. The van der Waals surface area contributed by atoms with Crippen LogP contribution in [0.1, 0.15) is 37.0 Å². The van der Waals surface area contributed by atoms with E-state index in [1.165, 1.54) is 0 Å². The van der Waals surface area contributed by atoms with Crippen LogP contribution in [-0.2, 0) is 4.79 Å². The number of amides is 2. The molecule has 1 aromatic carbocycles. The molecule has 8 heteroatoms. The normalized spacial score (nSPS) is 14.5. The molecule has 1 N–H and O–H groups in total. The maximum absolute atomic E-state index is 13.5. The van der Waals surface area contributed by atoms with Crippen LogP contribution in [0.3, 0.4) is 0 Å². The van der Waals surface area contributed by atoms with Crippen molar-refractivity contribution in [2.24, 2.45) is 5.92 Å². The largest absolute Gasteiger partial charge is 0.355 e. The Labute approximate surface area is 201 Å². The summed E-state index contributed by atoms with van der Waals surface area (Å²) in [5.74, 6) is 0.727. The van der Waals surface area contributed by atoms with E-state index in [1.54, 1.807) is 10.9 Å². The molecule has 34 heavy (non-hydrogen) atoms. The van der Waals surface area contributed by atoms with Crippen molar-refractivity contribution in [2.75, 3.05) is 39.3 Å². The lowest BCUT2D eigenvalue weighted by Gasteiger charge is -2.31. The lowest BCUT2D eigenvalue weighted by Crippen LogP contribution is -2.44. The molecular formula is C26H34N6O2. The number of benzene rings is 1. The van der Waals surface area contributed by atoms with Crippen LogP contribution in [0.15, 0.2) is 61.1 Å². The molecule has 0 radical (unpaired) electrons. The van der Waals surface area contributed by atoms with E-state index in [4.69, 9.17) is 0 Å². The Balaban J connectivity index is 1.42. The van der Waals surface area contributed by atoms with Gasteiger partial charge in [-0.2, -0.15) is 5.10 Å². The first-order valence-electron chi connectivity index (χ1n) is 12.2. The van der Waals surface area contributed by atoms with Crippen LogP contribution in [-0.4, -0.2) is 75.2 Å². The molecule has 0 spiro atoms. The van der Waals surface area contributed by atoms with Crippen LogP contribution in [0.2, 0.25) is 0 Å². The molecule has 1 aliphatic heterocycles. The zero-order valence-corrected chi connectivity index (χ0v) is 20.1. The van der Waals surface area contributed by atoms with Crippen LogP contribution in [0.25, 0.3) is 11.5 Å². The topological polar surface area (TPSA) is 75.4 Å². The smallest absolute Gasteiger partial charge is 0.259 e. The van der Waals surface area contributed by atoms with Crippen molar-refractivity contribution in [1.29, 1.82) is 0 Å². The van der Waals surface area contributed by atoms with E-state index in [-0.39, 0.29) is 17.7 Å². The molecule has 180 valence electrons. The number of nitrogens with one attached hydrogen (secondary N) is 1. The standard InChI is InChI=1S/C26H34N6O2/c1-3-29(4-2)19-14-27-24(33)21-12-17-31(18-13-21)26(34)23-20-28-32(22-10-6-5-7-11-22)25(23)30-15-8-9-16-30/h5-11,15-16,20-21H,3-4,12-14,17-19H2,1-2H3,(H,27,33). The molecule has 1 saturated heterocycles. The maximum atomic E-state index is 13.5. The number of para-hydroxylation sites is 1. The number of carbonyl (C=O) groups is 2. The van der Waals surface area contributed by atoms with Crippen LogP contribution in [0, 0.1) is 5.92 Å². The second kappa shape index (κ2) is 11.2. The van der Waals surface area contributed by atoms with Gasteiger partial charge in [0.05, 0.1) is 11.9 Å². The van der Waals surface area contributed by atoms with Crippen LogP contribution in [0.4, 0.5) is 0 Å². The van der Waals surface area contributed by atoms with Gasteiger partial charge in [-0.1, -0.05) is 32.0 Å². The van der Waals surface area contributed by atoms with Crippen LogP contribution < -0.4 is 5.32 Å². The molecule has 0 unspecified atom stereocenters. The van der Waals surface area contributed by atoms with Crippen LogP contribution >= 0.6 is 0 Å². The predicted molar refractivity (Wildman–Crippen MR) is 132 cm³/mol. The van der Waals surface area contributed by atoms with Crippen molar-refractivity contribution < 1.29 is 9.59 Å². The predicted octanol–water partition coefficient (Wildman–Crippen LogP) is 2.97. The quantitative estimate of drug-likeness (QED) is 0.531. The summed E-state index contributed by atoms with van der Waals surface area (Å²) in [4.78, 5) is 30.3. The molecule has 0 atom stereocenters. The number of rotatable bonds is 9. The van der Waals surface area contributed by atoms with Gasteiger partial charge >= 0.3 is 0 Å². The minimum atomic E-state index is -0.0497. The Bertz CT molecular complexity index is 1060. The van der Waals surface area contributed by atoms with Gasteiger partial charge in [-0.05, 0) is 50.2 Å². The monoisotopic (exact) mass is 462 g/mol. The number of piperidine rings is 1. The van der Waals surface area contributed by atoms with E-state index in [2.05, 4.69) is 29.2 Å². The fourth-order valence-corrected chi connectivity index (χ4v) is 4.51. The number of hydrogen-bond donors (Lipinski definition) is 1. The Morgan fingerprint density at radius 1 is 1.03 bits per heavy atom. The van der Waals surface area contributed by atoms with E-state index in [1.807, 2.05) is 64.3 Å².